The zero-order valence-electron chi connectivity index (χ0n) is 16.1. The molecule has 0 aromatic heterocycles. The summed E-state index contributed by atoms with van der Waals surface area (Å²) >= 11 is 0. The molecular formula is C24H16F5NO. The Kier molecular flexibility index (Phi) is 5.84. The first-order valence-electron chi connectivity index (χ1n) is 9.49. The summed E-state index contributed by atoms with van der Waals surface area (Å²) in [6.45, 7) is 0.826. The maximum Gasteiger partial charge on any atom is 0.200 e. The van der Waals surface area contributed by atoms with Gasteiger partial charge in [0.15, 0.2) is 23.3 Å². The van der Waals surface area contributed by atoms with Gasteiger partial charge in [0.1, 0.15) is 12.4 Å². The summed E-state index contributed by atoms with van der Waals surface area (Å²) in [5, 5.41) is 0. The minimum atomic E-state index is -2.18. The molecule has 0 fully saturated rings. The summed E-state index contributed by atoms with van der Waals surface area (Å²) in [5.41, 5.74) is 2.03. The van der Waals surface area contributed by atoms with Crippen LogP contribution in [0.4, 0.5) is 22.0 Å². The average Bonchev–Trinajstić information content (AvgIpc) is 2.80. The van der Waals surface area contributed by atoms with Gasteiger partial charge in [-0.1, -0.05) is 30.3 Å². The highest BCUT2D eigenvalue weighted by Crippen LogP contribution is 2.26. The fourth-order valence-corrected chi connectivity index (χ4v) is 3.31. The molecule has 0 unspecified atom stereocenters. The normalized spacial score (nSPS) is 13.3. The minimum absolute atomic E-state index is 0.389. The predicted molar refractivity (Wildman–Crippen MR) is 108 cm³/mol. The van der Waals surface area contributed by atoms with Gasteiger partial charge < -0.3 is 4.74 Å². The van der Waals surface area contributed by atoms with Crippen LogP contribution >= 0.6 is 0 Å². The van der Waals surface area contributed by atoms with E-state index in [1.165, 1.54) is 6.08 Å². The molecule has 2 nitrogen and oxygen atoms in total. The van der Waals surface area contributed by atoms with E-state index in [9.17, 15) is 22.0 Å². The molecule has 0 aliphatic carbocycles. The molecular weight excluding hydrogens is 413 g/mol. The third kappa shape index (κ3) is 4.21. The summed E-state index contributed by atoms with van der Waals surface area (Å²) in [6, 6.07) is 15.0. The average molecular weight is 429 g/mol. The number of hydrogen-bond acceptors (Lipinski definition) is 2. The molecule has 1 aliphatic rings. The van der Waals surface area contributed by atoms with Crippen molar-refractivity contribution in [1.82, 2.24) is 0 Å². The highest BCUT2D eigenvalue weighted by Gasteiger charge is 2.24. The van der Waals surface area contributed by atoms with E-state index in [-0.39, 0.29) is 0 Å². The smallest absolute Gasteiger partial charge is 0.200 e. The second-order valence-corrected chi connectivity index (χ2v) is 6.93. The molecule has 0 atom stereocenters. The van der Waals surface area contributed by atoms with Gasteiger partial charge in [0.05, 0.1) is 11.3 Å². The van der Waals surface area contributed by atoms with E-state index in [0.29, 0.717) is 36.6 Å². The first-order valence-corrected chi connectivity index (χ1v) is 9.49. The Hall–Kier alpha value is -3.48. The molecule has 7 heteroatoms. The number of rotatable bonds is 5. The molecule has 0 bridgehead atoms. The van der Waals surface area contributed by atoms with Crippen LogP contribution in [0.25, 0.3) is 6.08 Å². The van der Waals surface area contributed by atoms with E-state index in [1.807, 2.05) is 36.4 Å². The van der Waals surface area contributed by atoms with Gasteiger partial charge in [-0.3, -0.25) is 4.99 Å². The van der Waals surface area contributed by atoms with Crippen LogP contribution in [0.5, 0.6) is 5.75 Å². The fraction of sp³-hybridized carbons (Fsp3) is 0.125. The van der Waals surface area contributed by atoms with Crippen molar-refractivity contribution in [3.8, 4) is 5.75 Å². The molecule has 3 aromatic carbocycles. The maximum atomic E-state index is 13.9. The number of fused-ring (bicyclic) bond motifs is 1. The number of nitrogens with zero attached hydrogens (tertiary/aromatic N) is 1. The molecule has 31 heavy (non-hydrogen) atoms. The molecule has 0 N–H and O–H groups in total. The van der Waals surface area contributed by atoms with Crippen LogP contribution in [0.3, 0.4) is 0 Å². The number of benzene rings is 3. The maximum absolute atomic E-state index is 13.9. The van der Waals surface area contributed by atoms with Gasteiger partial charge in [0.25, 0.3) is 0 Å². The monoisotopic (exact) mass is 429 g/mol. The first-order chi connectivity index (χ1) is 15.0. The van der Waals surface area contributed by atoms with Crippen LogP contribution < -0.4 is 4.74 Å². The Balaban J connectivity index is 1.57. The summed E-state index contributed by atoms with van der Waals surface area (Å²) in [6.07, 6.45) is 2.74. The number of halogens is 5. The largest absolute Gasteiger partial charge is 0.489 e. The van der Waals surface area contributed by atoms with Gasteiger partial charge in [-0.15, -0.1) is 0 Å². The highest BCUT2D eigenvalue weighted by molar-refractivity contribution is 6.12. The van der Waals surface area contributed by atoms with Crippen LogP contribution in [0.15, 0.2) is 59.6 Å². The van der Waals surface area contributed by atoms with Gasteiger partial charge in [-0.25, -0.2) is 22.0 Å². The minimum Gasteiger partial charge on any atom is -0.489 e. The van der Waals surface area contributed by atoms with Crippen molar-refractivity contribution in [2.75, 3.05) is 6.54 Å². The molecule has 1 aliphatic heterocycles. The van der Waals surface area contributed by atoms with Crippen molar-refractivity contribution in [2.24, 2.45) is 4.99 Å². The van der Waals surface area contributed by atoms with Crippen LogP contribution in [-0.4, -0.2) is 12.3 Å². The molecule has 0 amide bonds. The van der Waals surface area contributed by atoms with Crippen LogP contribution in [0, 0.1) is 29.1 Å². The summed E-state index contributed by atoms with van der Waals surface area (Å²) < 4.78 is 73.6. The molecule has 0 spiro atoms. The summed E-state index contributed by atoms with van der Waals surface area (Å²) in [4.78, 5) is 4.31. The third-order valence-corrected chi connectivity index (χ3v) is 4.92. The molecule has 0 radical (unpaired) electrons. The Morgan fingerprint density at radius 1 is 0.806 bits per heavy atom. The van der Waals surface area contributed by atoms with Crippen molar-refractivity contribution in [3.05, 3.63) is 106 Å². The Morgan fingerprint density at radius 2 is 1.48 bits per heavy atom. The van der Waals surface area contributed by atoms with E-state index < -0.39 is 34.6 Å². The lowest BCUT2D eigenvalue weighted by atomic mass is 9.96. The highest BCUT2D eigenvalue weighted by atomic mass is 19.2. The van der Waals surface area contributed by atoms with Gasteiger partial charge in [-0.05, 0) is 47.9 Å². The van der Waals surface area contributed by atoms with Crippen LogP contribution in [0.1, 0.15) is 22.3 Å². The Bertz CT molecular complexity index is 1160. The van der Waals surface area contributed by atoms with Crippen molar-refractivity contribution in [1.29, 1.82) is 0 Å². The SMILES string of the molecule is Fc1c(F)c(F)c(C=CC2=NCCc3cc(OCc4ccccc4)ccc32)c(F)c1F. The number of allylic oxidation sites excluding steroid dienone is 1. The van der Waals surface area contributed by atoms with Gasteiger partial charge in [0.2, 0.25) is 5.82 Å². The topological polar surface area (TPSA) is 21.6 Å². The van der Waals surface area contributed by atoms with Gasteiger partial charge >= 0.3 is 0 Å². The molecule has 1 heterocycles. The lowest BCUT2D eigenvalue weighted by molar-refractivity contribution is 0.306. The van der Waals surface area contributed by atoms with Gasteiger partial charge in [0, 0.05) is 12.1 Å². The van der Waals surface area contributed by atoms with Crippen LogP contribution in [-0.2, 0) is 13.0 Å². The van der Waals surface area contributed by atoms with Crippen molar-refractivity contribution in [2.45, 2.75) is 13.0 Å². The van der Waals surface area contributed by atoms with E-state index in [2.05, 4.69) is 4.99 Å². The predicted octanol–water partition coefficient (Wildman–Crippen LogP) is 6.02. The zero-order chi connectivity index (χ0) is 22.0. The molecule has 0 saturated carbocycles. The fourth-order valence-electron chi connectivity index (χ4n) is 3.31. The molecule has 3 aromatic rings. The zero-order valence-corrected chi connectivity index (χ0v) is 16.1. The standard InChI is InChI=1S/C24H16F5NO/c25-20-18(21(26)23(28)24(29)22(20)27)8-9-19-17-7-6-16(12-15(17)10-11-30-19)31-13-14-4-2-1-3-5-14/h1-9,12H,10-11,13H2. The Labute approximate surface area is 175 Å². The quantitative estimate of drug-likeness (QED) is 0.276. The van der Waals surface area contributed by atoms with Crippen LogP contribution in [0.2, 0.25) is 0 Å². The first kappa shape index (κ1) is 20.8. The lowest BCUT2D eigenvalue weighted by Crippen LogP contribution is -2.11. The number of aliphatic imine (C=N–C) groups is 1. The van der Waals surface area contributed by atoms with E-state index in [1.54, 1.807) is 12.1 Å². The molecule has 0 saturated heterocycles. The van der Waals surface area contributed by atoms with Crippen molar-refractivity contribution in [3.63, 3.8) is 0 Å². The van der Waals surface area contributed by atoms with Gasteiger partial charge in [-0.2, -0.15) is 0 Å². The van der Waals surface area contributed by atoms with E-state index in [4.69, 9.17) is 4.74 Å². The number of hydrogen-bond donors (Lipinski definition) is 0. The summed E-state index contributed by atoms with van der Waals surface area (Å²) in [5.74, 6) is -9.25. The van der Waals surface area contributed by atoms with Crippen molar-refractivity contribution >= 4 is 11.8 Å². The third-order valence-electron chi connectivity index (χ3n) is 4.92. The van der Waals surface area contributed by atoms with E-state index >= 15 is 0 Å². The Morgan fingerprint density at radius 3 is 2.19 bits per heavy atom. The van der Waals surface area contributed by atoms with Crippen molar-refractivity contribution < 1.29 is 26.7 Å². The number of ether oxygens (including phenoxy) is 1. The molecule has 4 rings (SSSR count). The second kappa shape index (κ2) is 8.71. The second-order valence-electron chi connectivity index (χ2n) is 6.93. The van der Waals surface area contributed by atoms with E-state index in [0.717, 1.165) is 17.2 Å². The lowest BCUT2D eigenvalue weighted by Gasteiger charge is -2.16. The molecule has 158 valence electrons. The summed E-state index contributed by atoms with van der Waals surface area (Å²) in [7, 11) is 0.